The topological polar surface area (TPSA) is 29.5 Å². The van der Waals surface area contributed by atoms with Crippen LogP contribution in [0.1, 0.15) is 26.2 Å². The lowest BCUT2D eigenvalue weighted by Gasteiger charge is -2.29. The van der Waals surface area contributed by atoms with E-state index in [1.165, 1.54) is 0 Å². The van der Waals surface area contributed by atoms with Gasteiger partial charge in [-0.25, -0.2) is 0 Å². The van der Waals surface area contributed by atoms with Crippen LogP contribution in [-0.4, -0.2) is 24.4 Å². The smallest absolute Gasteiger partial charge is 0.0901 e. The summed E-state index contributed by atoms with van der Waals surface area (Å²) >= 11 is 0. The highest BCUT2D eigenvalue weighted by Crippen LogP contribution is 2.39. The molecule has 0 amide bonds. The van der Waals surface area contributed by atoms with Crippen molar-refractivity contribution in [2.75, 3.05) is 13.7 Å². The van der Waals surface area contributed by atoms with Gasteiger partial charge in [0.05, 0.1) is 12.2 Å². The summed E-state index contributed by atoms with van der Waals surface area (Å²) in [6.45, 7) is 6.42. The first-order valence-electron chi connectivity index (χ1n) is 4.51. The molecule has 70 valence electrons. The van der Waals surface area contributed by atoms with E-state index in [9.17, 15) is 5.11 Å². The molecule has 0 radical (unpaired) electrons. The van der Waals surface area contributed by atoms with Gasteiger partial charge < -0.3 is 9.84 Å². The second kappa shape index (κ2) is 3.58. The maximum absolute atomic E-state index is 10.2. The van der Waals surface area contributed by atoms with Gasteiger partial charge in [-0.1, -0.05) is 13.5 Å². The highest BCUT2D eigenvalue weighted by molar-refractivity contribution is 5.17. The fraction of sp³-hybridized carbons (Fsp3) is 0.800. The molecule has 2 heteroatoms. The predicted molar refractivity (Wildman–Crippen MR) is 49.0 cm³/mol. The fourth-order valence-corrected chi connectivity index (χ4v) is 1.99. The molecule has 1 fully saturated rings. The molecule has 2 atom stereocenters. The number of rotatable bonds is 3. The van der Waals surface area contributed by atoms with E-state index in [2.05, 4.69) is 13.5 Å². The van der Waals surface area contributed by atoms with Gasteiger partial charge in [0.1, 0.15) is 0 Å². The Hall–Kier alpha value is -0.340. The van der Waals surface area contributed by atoms with Gasteiger partial charge in [0.25, 0.3) is 0 Å². The van der Waals surface area contributed by atoms with Crippen LogP contribution in [0.2, 0.25) is 0 Å². The summed E-state index contributed by atoms with van der Waals surface area (Å²) in [7, 11) is 1.63. The number of hydrogen-bond acceptors (Lipinski definition) is 2. The Morgan fingerprint density at radius 2 is 2.42 bits per heavy atom. The van der Waals surface area contributed by atoms with Crippen LogP contribution in [0.25, 0.3) is 0 Å². The van der Waals surface area contributed by atoms with E-state index in [1.54, 1.807) is 7.11 Å². The third-order valence-electron chi connectivity index (χ3n) is 2.94. The molecule has 1 saturated carbocycles. The minimum atomic E-state index is -0.657. The minimum absolute atomic E-state index is 0.333. The van der Waals surface area contributed by atoms with Gasteiger partial charge in [-0.15, -0.1) is 0 Å². The van der Waals surface area contributed by atoms with Crippen molar-refractivity contribution in [2.24, 2.45) is 5.92 Å². The first kappa shape index (κ1) is 9.75. The fourth-order valence-electron chi connectivity index (χ4n) is 1.99. The van der Waals surface area contributed by atoms with E-state index in [1.807, 2.05) is 0 Å². The molecule has 0 bridgehead atoms. The second-order valence-corrected chi connectivity index (χ2v) is 3.75. The summed E-state index contributed by atoms with van der Waals surface area (Å²) in [5.41, 5.74) is 0.172. The zero-order valence-electron chi connectivity index (χ0n) is 7.97. The van der Waals surface area contributed by atoms with Crippen molar-refractivity contribution in [3.63, 3.8) is 0 Å². The van der Waals surface area contributed by atoms with Crippen LogP contribution in [0.15, 0.2) is 12.2 Å². The summed E-state index contributed by atoms with van der Waals surface area (Å²) in [6, 6.07) is 0. The van der Waals surface area contributed by atoms with E-state index < -0.39 is 5.60 Å². The first-order valence-corrected chi connectivity index (χ1v) is 4.51. The standard InChI is InChI=1S/C10H18O2/c1-8-5-4-6-10(8,11)9(2)7-12-3/h8,11H,2,4-7H2,1,3H3. The molecule has 0 heterocycles. The van der Waals surface area contributed by atoms with Gasteiger partial charge in [0, 0.05) is 7.11 Å². The van der Waals surface area contributed by atoms with Gasteiger partial charge in [-0.2, -0.15) is 0 Å². The molecule has 0 aliphatic heterocycles. The Labute approximate surface area is 74.2 Å². The van der Waals surface area contributed by atoms with E-state index in [4.69, 9.17) is 4.74 Å². The number of aliphatic hydroxyl groups is 1. The lowest BCUT2D eigenvalue weighted by molar-refractivity contribution is 0.0319. The SMILES string of the molecule is C=C(COC)C1(O)CCCC1C. The van der Waals surface area contributed by atoms with Gasteiger partial charge in [-0.3, -0.25) is 0 Å². The molecule has 0 spiro atoms. The van der Waals surface area contributed by atoms with E-state index in [0.29, 0.717) is 12.5 Å². The van der Waals surface area contributed by atoms with E-state index in [-0.39, 0.29) is 0 Å². The lowest BCUT2D eigenvalue weighted by Crippen LogP contribution is -2.35. The number of methoxy groups -OCH3 is 1. The summed E-state index contributed by atoms with van der Waals surface area (Å²) in [5.74, 6) is 0.333. The van der Waals surface area contributed by atoms with Crippen molar-refractivity contribution in [1.82, 2.24) is 0 Å². The van der Waals surface area contributed by atoms with E-state index in [0.717, 1.165) is 24.8 Å². The monoisotopic (exact) mass is 170 g/mol. The third-order valence-corrected chi connectivity index (χ3v) is 2.94. The number of ether oxygens (including phenoxy) is 1. The Morgan fingerprint density at radius 1 is 1.75 bits per heavy atom. The zero-order valence-corrected chi connectivity index (χ0v) is 7.97. The summed E-state index contributed by atoms with van der Waals surface area (Å²) in [5, 5.41) is 10.2. The quantitative estimate of drug-likeness (QED) is 0.654. The average molecular weight is 170 g/mol. The van der Waals surface area contributed by atoms with Crippen LogP contribution in [0.3, 0.4) is 0 Å². The highest BCUT2D eigenvalue weighted by atomic mass is 16.5. The largest absolute Gasteiger partial charge is 0.385 e. The molecule has 1 rings (SSSR count). The Kier molecular flexibility index (Phi) is 2.91. The molecule has 1 N–H and O–H groups in total. The first-order chi connectivity index (χ1) is 5.61. The lowest BCUT2D eigenvalue weighted by atomic mass is 9.86. The molecule has 0 aromatic heterocycles. The summed E-state index contributed by atoms with van der Waals surface area (Å²) in [4.78, 5) is 0. The Bertz CT molecular complexity index is 177. The Morgan fingerprint density at radius 3 is 2.83 bits per heavy atom. The van der Waals surface area contributed by atoms with Crippen LogP contribution in [0, 0.1) is 5.92 Å². The molecule has 0 aromatic carbocycles. The molecule has 1 aliphatic rings. The van der Waals surface area contributed by atoms with Crippen molar-refractivity contribution in [2.45, 2.75) is 31.8 Å². The van der Waals surface area contributed by atoms with Crippen LogP contribution >= 0.6 is 0 Å². The minimum Gasteiger partial charge on any atom is -0.385 e. The molecule has 2 unspecified atom stereocenters. The molecule has 1 aliphatic carbocycles. The average Bonchev–Trinajstić information content (AvgIpc) is 2.34. The molecule has 0 aromatic rings. The second-order valence-electron chi connectivity index (χ2n) is 3.75. The molecular formula is C10H18O2. The maximum Gasteiger partial charge on any atom is 0.0901 e. The normalized spacial score (nSPS) is 35.4. The van der Waals surface area contributed by atoms with Gasteiger partial charge in [0.15, 0.2) is 0 Å². The Balaban J connectivity index is 2.63. The van der Waals surface area contributed by atoms with Crippen molar-refractivity contribution in [3.8, 4) is 0 Å². The van der Waals surface area contributed by atoms with Crippen molar-refractivity contribution < 1.29 is 9.84 Å². The van der Waals surface area contributed by atoms with Crippen LogP contribution in [-0.2, 0) is 4.74 Å². The zero-order chi connectivity index (χ0) is 9.19. The molecule has 12 heavy (non-hydrogen) atoms. The summed E-state index contributed by atoms with van der Waals surface area (Å²) in [6.07, 6.45) is 3.04. The van der Waals surface area contributed by atoms with Crippen molar-refractivity contribution in [1.29, 1.82) is 0 Å². The van der Waals surface area contributed by atoms with Crippen LogP contribution in [0.5, 0.6) is 0 Å². The predicted octanol–water partition coefficient (Wildman–Crippen LogP) is 1.74. The van der Waals surface area contributed by atoms with Crippen LogP contribution < -0.4 is 0 Å². The molecule has 2 nitrogen and oxygen atoms in total. The molecule has 0 saturated heterocycles. The van der Waals surface area contributed by atoms with Crippen molar-refractivity contribution >= 4 is 0 Å². The highest BCUT2D eigenvalue weighted by Gasteiger charge is 2.40. The maximum atomic E-state index is 10.2. The summed E-state index contributed by atoms with van der Waals surface area (Å²) < 4.78 is 4.97. The van der Waals surface area contributed by atoms with Gasteiger partial charge >= 0.3 is 0 Å². The van der Waals surface area contributed by atoms with Crippen molar-refractivity contribution in [3.05, 3.63) is 12.2 Å². The number of hydrogen-bond donors (Lipinski definition) is 1. The van der Waals surface area contributed by atoms with Gasteiger partial charge in [-0.05, 0) is 30.8 Å². The third kappa shape index (κ3) is 1.54. The molecular weight excluding hydrogens is 152 g/mol. The van der Waals surface area contributed by atoms with E-state index >= 15 is 0 Å². The van der Waals surface area contributed by atoms with Crippen LogP contribution in [0.4, 0.5) is 0 Å². The van der Waals surface area contributed by atoms with Gasteiger partial charge in [0.2, 0.25) is 0 Å².